The first kappa shape index (κ1) is 17.9. The van der Waals surface area contributed by atoms with E-state index in [1.54, 1.807) is 11.5 Å². The maximum atomic E-state index is 12.9. The third-order valence-corrected chi connectivity index (χ3v) is 4.67. The molecule has 1 amide bonds. The third-order valence-electron chi connectivity index (χ3n) is 4.67. The minimum Gasteiger partial charge on any atom is -0.385 e. The molecule has 0 fully saturated rings. The molecule has 0 aliphatic heterocycles. The van der Waals surface area contributed by atoms with E-state index in [2.05, 4.69) is 4.98 Å². The van der Waals surface area contributed by atoms with Gasteiger partial charge in [-0.25, -0.2) is 9.36 Å². The van der Waals surface area contributed by atoms with Crippen molar-refractivity contribution in [2.75, 3.05) is 13.7 Å². The van der Waals surface area contributed by atoms with E-state index in [-0.39, 0.29) is 11.2 Å². The lowest BCUT2D eigenvalue weighted by Gasteiger charge is -2.07. The standard InChI is InChI=1S/C16H22N6O4/c1-9-10(2)22-12-13(18-15(22)20(9)6-5-7-26-4)19(3)16(25)21(14(12)24)8-11(17)23/h5-8H2,1-4H3,(H2,17,23). The van der Waals surface area contributed by atoms with Gasteiger partial charge in [-0.1, -0.05) is 0 Å². The maximum absolute atomic E-state index is 12.9. The number of aryl methyl sites for hydroxylation is 3. The van der Waals surface area contributed by atoms with Crippen molar-refractivity contribution in [1.29, 1.82) is 0 Å². The molecule has 0 spiro atoms. The minimum absolute atomic E-state index is 0.259. The normalized spacial score (nSPS) is 11.7. The molecule has 0 saturated heterocycles. The van der Waals surface area contributed by atoms with Gasteiger partial charge in [0.2, 0.25) is 11.7 Å². The summed E-state index contributed by atoms with van der Waals surface area (Å²) < 4.78 is 10.9. The number of amides is 1. The van der Waals surface area contributed by atoms with Crippen LogP contribution in [0.15, 0.2) is 9.59 Å². The van der Waals surface area contributed by atoms with Crippen LogP contribution in [0, 0.1) is 13.8 Å². The molecule has 10 heteroatoms. The molecule has 0 bridgehead atoms. The lowest BCUT2D eigenvalue weighted by molar-refractivity contribution is -0.118. The number of nitrogens with zero attached hydrogens (tertiary/aromatic N) is 5. The van der Waals surface area contributed by atoms with Gasteiger partial charge in [-0.05, 0) is 20.3 Å². The number of methoxy groups -OCH3 is 1. The number of hydrogen-bond acceptors (Lipinski definition) is 5. The van der Waals surface area contributed by atoms with Crippen LogP contribution in [0.2, 0.25) is 0 Å². The third kappa shape index (κ3) is 2.53. The number of carbonyl (C=O) groups excluding carboxylic acids is 1. The van der Waals surface area contributed by atoms with Crippen molar-refractivity contribution in [2.24, 2.45) is 12.8 Å². The second-order valence-electron chi connectivity index (χ2n) is 6.29. The number of carbonyl (C=O) groups is 1. The van der Waals surface area contributed by atoms with Crippen molar-refractivity contribution in [3.63, 3.8) is 0 Å². The monoisotopic (exact) mass is 362 g/mol. The average Bonchev–Trinajstić information content (AvgIpc) is 3.08. The lowest BCUT2D eigenvalue weighted by Crippen LogP contribution is -2.42. The fourth-order valence-corrected chi connectivity index (χ4v) is 3.25. The number of primary amides is 1. The van der Waals surface area contributed by atoms with Crippen LogP contribution in [0.3, 0.4) is 0 Å². The number of fused-ring (bicyclic) bond motifs is 3. The van der Waals surface area contributed by atoms with E-state index in [0.717, 1.165) is 22.4 Å². The molecule has 2 N–H and O–H groups in total. The average molecular weight is 362 g/mol. The summed E-state index contributed by atoms with van der Waals surface area (Å²) in [6.07, 6.45) is 0.787. The SMILES string of the molecule is COCCCn1c(C)c(C)n2c3c(=O)n(CC(N)=O)c(=O)n(C)c3nc12. The Hall–Kier alpha value is -2.88. The maximum Gasteiger partial charge on any atom is 0.332 e. The van der Waals surface area contributed by atoms with Crippen molar-refractivity contribution >= 4 is 22.8 Å². The second-order valence-corrected chi connectivity index (χ2v) is 6.29. The van der Waals surface area contributed by atoms with E-state index < -0.39 is 23.7 Å². The van der Waals surface area contributed by atoms with E-state index in [4.69, 9.17) is 10.5 Å². The van der Waals surface area contributed by atoms with Crippen LogP contribution < -0.4 is 17.0 Å². The van der Waals surface area contributed by atoms with E-state index in [1.165, 1.54) is 11.6 Å². The summed E-state index contributed by atoms with van der Waals surface area (Å²) in [5, 5.41) is 0. The number of ether oxygens (including phenoxy) is 1. The quantitative estimate of drug-likeness (QED) is 0.581. The Bertz CT molecular complexity index is 1130. The van der Waals surface area contributed by atoms with Gasteiger partial charge in [-0.3, -0.25) is 18.6 Å². The Morgan fingerprint density at radius 3 is 2.50 bits per heavy atom. The molecule has 0 aromatic carbocycles. The van der Waals surface area contributed by atoms with Gasteiger partial charge in [0.25, 0.3) is 5.56 Å². The molecule has 10 nitrogen and oxygen atoms in total. The van der Waals surface area contributed by atoms with Crippen molar-refractivity contribution in [1.82, 2.24) is 23.1 Å². The second kappa shape index (κ2) is 6.45. The van der Waals surface area contributed by atoms with Crippen LogP contribution in [-0.2, 0) is 29.7 Å². The molecule has 3 aromatic heterocycles. The van der Waals surface area contributed by atoms with E-state index >= 15 is 0 Å². The predicted octanol–water partition coefficient (Wildman–Crippen LogP) is -0.712. The summed E-state index contributed by atoms with van der Waals surface area (Å²) in [5.41, 5.74) is 6.34. The smallest absolute Gasteiger partial charge is 0.332 e. The highest BCUT2D eigenvalue weighted by molar-refractivity contribution is 5.77. The van der Waals surface area contributed by atoms with E-state index in [0.29, 0.717) is 18.9 Å². The Labute approximate surface area is 148 Å². The van der Waals surface area contributed by atoms with Crippen LogP contribution >= 0.6 is 0 Å². The van der Waals surface area contributed by atoms with Crippen molar-refractivity contribution in [2.45, 2.75) is 33.4 Å². The fraction of sp³-hybridized carbons (Fsp3) is 0.500. The number of nitrogens with two attached hydrogens (primary N) is 1. The summed E-state index contributed by atoms with van der Waals surface area (Å²) in [5.74, 6) is -0.177. The number of hydrogen-bond donors (Lipinski definition) is 1. The van der Waals surface area contributed by atoms with Crippen molar-refractivity contribution in [3.8, 4) is 0 Å². The molecular formula is C16H22N6O4. The van der Waals surface area contributed by atoms with Gasteiger partial charge in [0.1, 0.15) is 6.54 Å². The van der Waals surface area contributed by atoms with Crippen molar-refractivity contribution < 1.29 is 9.53 Å². The Morgan fingerprint density at radius 2 is 1.88 bits per heavy atom. The van der Waals surface area contributed by atoms with Crippen LogP contribution in [-0.4, -0.2) is 42.7 Å². The summed E-state index contributed by atoms with van der Waals surface area (Å²) in [7, 11) is 3.16. The molecule has 140 valence electrons. The first-order valence-corrected chi connectivity index (χ1v) is 8.24. The highest BCUT2D eigenvalue weighted by atomic mass is 16.5. The first-order chi connectivity index (χ1) is 12.3. The highest BCUT2D eigenvalue weighted by Crippen LogP contribution is 2.20. The lowest BCUT2D eigenvalue weighted by atomic mass is 10.3. The van der Waals surface area contributed by atoms with Gasteiger partial charge in [0, 0.05) is 38.7 Å². The highest BCUT2D eigenvalue weighted by Gasteiger charge is 2.22. The van der Waals surface area contributed by atoms with Gasteiger partial charge < -0.3 is 15.0 Å². The van der Waals surface area contributed by atoms with Gasteiger partial charge in [-0.15, -0.1) is 0 Å². The molecule has 3 aromatic rings. The zero-order valence-electron chi connectivity index (χ0n) is 15.3. The van der Waals surface area contributed by atoms with Crippen LogP contribution in [0.4, 0.5) is 0 Å². The summed E-state index contributed by atoms with van der Waals surface area (Å²) >= 11 is 0. The number of aromatic nitrogens is 5. The summed E-state index contributed by atoms with van der Waals surface area (Å²) in [4.78, 5) is 41.1. The molecule has 26 heavy (non-hydrogen) atoms. The molecule has 0 radical (unpaired) electrons. The van der Waals surface area contributed by atoms with E-state index in [9.17, 15) is 14.4 Å². The predicted molar refractivity (Wildman–Crippen MR) is 95.4 cm³/mol. The fourth-order valence-electron chi connectivity index (χ4n) is 3.25. The summed E-state index contributed by atoms with van der Waals surface area (Å²) in [6.45, 7) is 4.64. The zero-order chi connectivity index (χ0) is 19.2. The largest absolute Gasteiger partial charge is 0.385 e. The van der Waals surface area contributed by atoms with Gasteiger partial charge in [-0.2, -0.15) is 4.98 Å². The Kier molecular flexibility index (Phi) is 4.45. The van der Waals surface area contributed by atoms with Crippen LogP contribution in [0.25, 0.3) is 16.9 Å². The molecule has 3 heterocycles. The van der Waals surface area contributed by atoms with Gasteiger partial charge >= 0.3 is 5.69 Å². The van der Waals surface area contributed by atoms with Gasteiger partial charge in [0.05, 0.1) is 0 Å². The van der Waals surface area contributed by atoms with E-state index in [1.807, 2.05) is 18.4 Å². The molecule has 0 saturated carbocycles. The molecule has 0 atom stereocenters. The van der Waals surface area contributed by atoms with Crippen LogP contribution in [0.5, 0.6) is 0 Å². The Balaban J connectivity index is 2.37. The molecule has 0 aliphatic carbocycles. The Morgan fingerprint density at radius 1 is 1.19 bits per heavy atom. The zero-order valence-corrected chi connectivity index (χ0v) is 15.3. The molecule has 0 unspecified atom stereocenters. The number of rotatable bonds is 6. The number of imidazole rings is 2. The minimum atomic E-state index is -0.755. The first-order valence-electron chi connectivity index (χ1n) is 8.24. The molecule has 0 aliphatic rings. The van der Waals surface area contributed by atoms with Crippen molar-refractivity contribution in [3.05, 3.63) is 32.2 Å². The molecular weight excluding hydrogens is 340 g/mol. The van der Waals surface area contributed by atoms with Crippen LogP contribution in [0.1, 0.15) is 17.8 Å². The van der Waals surface area contributed by atoms with Gasteiger partial charge in [0.15, 0.2) is 11.2 Å². The summed E-state index contributed by atoms with van der Waals surface area (Å²) in [6, 6.07) is 0. The molecule has 3 rings (SSSR count). The topological polar surface area (TPSA) is 119 Å².